The van der Waals surface area contributed by atoms with E-state index in [0.717, 1.165) is 6.42 Å². The van der Waals surface area contributed by atoms with E-state index in [4.69, 9.17) is 0 Å². The number of hydrogen-bond acceptors (Lipinski definition) is 4. The molecule has 0 heterocycles. The molecule has 0 aromatic rings. The first-order chi connectivity index (χ1) is 11.1. The van der Waals surface area contributed by atoms with Gasteiger partial charge in [0.05, 0.1) is 11.5 Å². The lowest BCUT2D eigenvalue weighted by Gasteiger charge is -2.17. The van der Waals surface area contributed by atoms with E-state index in [1.165, 1.54) is 0 Å². The molecule has 0 bridgehead atoms. The molecule has 0 amide bonds. The van der Waals surface area contributed by atoms with Gasteiger partial charge in [-0.05, 0) is 24.7 Å². The van der Waals surface area contributed by atoms with E-state index in [2.05, 4.69) is 13.8 Å². The summed E-state index contributed by atoms with van der Waals surface area (Å²) >= 11 is 0. The highest BCUT2D eigenvalue weighted by Crippen LogP contribution is 2.37. The third kappa shape index (κ3) is 4.78. The number of aliphatic hydroxyl groups is 1. The van der Waals surface area contributed by atoms with Crippen LogP contribution in [-0.2, 0) is 14.4 Å². The topological polar surface area (TPSA) is 71.4 Å². The summed E-state index contributed by atoms with van der Waals surface area (Å²) in [6, 6.07) is 0. The fraction of sp³-hybridized carbons (Fsp3) is 0.750. The monoisotopic (exact) mass is 336 g/mol. The normalized spacial score (nSPS) is 23.7. The van der Waals surface area contributed by atoms with Crippen LogP contribution in [0.15, 0.2) is 11.3 Å². The highest BCUT2D eigenvalue weighted by molar-refractivity contribution is 6.32. The first-order valence-corrected chi connectivity index (χ1v) is 9.12. The molecule has 2 atom stereocenters. The third-order valence-electron chi connectivity index (χ3n) is 4.69. The number of allylic oxidation sites excluding steroid dienone is 2. The lowest BCUT2D eigenvalue weighted by Crippen LogP contribution is -2.27. The third-order valence-corrected chi connectivity index (χ3v) is 4.69. The summed E-state index contributed by atoms with van der Waals surface area (Å²) in [6.45, 7) is 11.6. The Morgan fingerprint density at radius 1 is 0.958 bits per heavy atom. The number of rotatable bonds is 8. The van der Waals surface area contributed by atoms with Gasteiger partial charge in [-0.1, -0.05) is 48.0 Å². The van der Waals surface area contributed by atoms with Crippen molar-refractivity contribution in [2.75, 3.05) is 0 Å². The predicted octanol–water partition coefficient (Wildman–Crippen LogP) is 4.28. The van der Waals surface area contributed by atoms with Gasteiger partial charge in [-0.3, -0.25) is 14.4 Å². The molecule has 4 nitrogen and oxygen atoms in total. The van der Waals surface area contributed by atoms with Gasteiger partial charge < -0.3 is 5.11 Å². The summed E-state index contributed by atoms with van der Waals surface area (Å²) in [5, 5.41) is 10.2. The first-order valence-electron chi connectivity index (χ1n) is 9.12. The smallest absolute Gasteiger partial charge is 0.181 e. The van der Waals surface area contributed by atoms with Gasteiger partial charge in [0.1, 0.15) is 11.5 Å². The molecule has 0 aromatic heterocycles. The van der Waals surface area contributed by atoms with Crippen LogP contribution in [0.2, 0.25) is 0 Å². The summed E-state index contributed by atoms with van der Waals surface area (Å²) in [6.07, 6.45) is 2.33. The maximum absolute atomic E-state index is 12.7. The molecule has 1 fully saturated rings. The molecule has 0 aromatic carbocycles. The van der Waals surface area contributed by atoms with Crippen molar-refractivity contribution in [3.63, 3.8) is 0 Å². The molecule has 1 aliphatic rings. The number of Topliss-reactive ketones (excluding diaryl/α,β-unsaturated/α-hetero) is 3. The molecule has 1 saturated carbocycles. The fourth-order valence-electron chi connectivity index (χ4n) is 3.11. The zero-order chi connectivity index (χ0) is 18.6. The minimum absolute atomic E-state index is 0.123. The molecule has 0 aliphatic heterocycles. The van der Waals surface area contributed by atoms with Crippen molar-refractivity contribution in [2.24, 2.45) is 29.6 Å². The summed E-state index contributed by atoms with van der Waals surface area (Å²) in [4.78, 5) is 38.1. The van der Waals surface area contributed by atoms with E-state index in [1.54, 1.807) is 13.8 Å². The lowest BCUT2D eigenvalue weighted by molar-refractivity contribution is -0.133. The number of aliphatic hydroxyl groups excluding tert-OH is 1. The van der Waals surface area contributed by atoms with Gasteiger partial charge in [0, 0.05) is 18.3 Å². The van der Waals surface area contributed by atoms with Gasteiger partial charge in [-0.2, -0.15) is 0 Å². The maximum atomic E-state index is 12.7. The molecule has 0 spiro atoms. The zero-order valence-electron chi connectivity index (χ0n) is 15.9. The van der Waals surface area contributed by atoms with Crippen molar-refractivity contribution in [2.45, 2.75) is 67.2 Å². The number of carbonyl (C=O) groups is 3. The van der Waals surface area contributed by atoms with Crippen LogP contribution in [0.4, 0.5) is 0 Å². The molecular formula is C20H32O4. The highest BCUT2D eigenvalue weighted by Gasteiger charge is 2.50. The molecule has 1 N–H and O–H groups in total. The lowest BCUT2D eigenvalue weighted by atomic mass is 9.84. The van der Waals surface area contributed by atoms with Gasteiger partial charge in [0.25, 0.3) is 0 Å². The molecule has 136 valence electrons. The van der Waals surface area contributed by atoms with Crippen molar-refractivity contribution in [1.82, 2.24) is 0 Å². The zero-order valence-corrected chi connectivity index (χ0v) is 15.9. The highest BCUT2D eigenvalue weighted by atomic mass is 16.3. The van der Waals surface area contributed by atoms with Crippen LogP contribution in [0.5, 0.6) is 0 Å². The van der Waals surface area contributed by atoms with Crippen LogP contribution in [-0.4, -0.2) is 22.5 Å². The van der Waals surface area contributed by atoms with E-state index >= 15 is 0 Å². The van der Waals surface area contributed by atoms with Crippen molar-refractivity contribution in [1.29, 1.82) is 0 Å². The maximum Gasteiger partial charge on any atom is 0.181 e. The molecule has 0 radical (unpaired) electrons. The largest absolute Gasteiger partial charge is 0.511 e. The van der Waals surface area contributed by atoms with Gasteiger partial charge in [0.15, 0.2) is 11.6 Å². The quantitative estimate of drug-likeness (QED) is 0.311. The molecule has 1 aliphatic carbocycles. The Labute approximate surface area is 145 Å². The van der Waals surface area contributed by atoms with Crippen LogP contribution in [0, 0.1) is 29.6 Å². The van der Waals surface area contributed by atoms with E-state index < -0.39 is 17.6 Å². The first kappa shape index (κ1) is 20.6. The predicted molar refractivity (Wildman–Crippen MR) is 94.6 cm³/mol. The Hall–Kier alpha value is -1.45. The molecule has 24 heavy (non-hydrogen) atoms. The Balaban J connectivity index is 3.15. The van der Waals surface area contributed by atoms with E-state index in [0.29, 0.717) is 31.1 Å². The Kier molecular flexibility index (Phi) is 7.37. The van der Waals surface area contributed by atoms with E-state index in [1.807, 2.05) is 13.8 Å². The second-order valence-electron chi connectivity index (χ2n) is 8.10. The minimum Gasteiger partial charge on any atom is -0.511 e. The Morgan fingerprint density at radius 3 is 1.96 bits per heavy atom. The fourth-order valence-corrected chi connectivity index (χ4v) is 3.11. The molecule has 4 heteroatoms. The minimum atomic E-state index is -0.897. The molecular weight excluding hydrogens is 304 g/mol. The molecule has 1 unspecified atom stereocenters. The summed E-state index contributed by atoms with van der Waals surface area (Å²) in [7, 11) is 0. The summed E-state index contributed by atoms with van der Waals surface area (Å²) < 4.78 is 0. The average molecular weight is 336 g/mol. The van der Waals surface area contributed by atoms with Crippen LogP contribution in [0.3, 0.4) is 0 Å². The second-order valence-corrected chi connectivity index (χ2v) is 8.10. The van der Waals surface area contributed by atoms with Crippen molar-refractivity contribution < 1.29 is 19.5 Å². The SMILES string of the molecule is CC(C)CCC(=O)C1C(=O)C(=C(O)C(C)C)C(=O)[C@H]1CCC(C)C. The van der Waals surface area contributed by atoms with Crippen LogP contribution >= 0.6 is 0 Å². The van der Waals surface area contributed by atoms with E-state index in [-0.39, 0.29) is 28.8 Å². The van der Waals surface area contributed by atoms with E-state index in [9.17, 15) is 19.5 Å². The summed E-state index contributed by atoms with van der Waals surface area (Å²) in [5.74, 6) is -2.16. The standard InChI is InChI=1S/C20H32O4/c1-11(2)7-9-14-16(15(21)10-8-12(3)4)20(24)17(19(14)23)18(22)13(5)6/h11-14,16,22H,7-10H2,1-6H3/t14-,16?/m0/s1. The van der Waals surface area contributed by atoms with Gasteiger partial charge in [-0.25, -0.2) is 0 Å². The van der Waals surface area contributed by atoms with Crippen LogP contribution in [0.25, 0.3) is 0 Å². The Bertz CT molecular complexity index is 526. The van der Waals surface area contributed by atoms with Crippen LogP contribution < -0.4 is 0 Å². The van der Waals surface area contributed by atoms with Crippen molar-refractivity contribution in [3.05, 3.63) is 11.3 Å². The van der Waals surface area contributed by atoms with Crippen LogP contribution in [0.1, 0.15) is 67.2 Å². The number of ketones is 3. The van der Waals surface area contributed by atoms with Crippen molar-refractivity contribution in [3.8, 4) is 0 Å². The van der Waals surface area contributed by atoms with Crippen molar-refractivity contribution >= 4 is 17.3 Å². The average Bonchev–Trinajstić information content (AvgIpc) is 2.72. The van der Waals surface area contributed by atoms with Gasteiger partial charge in [-0.15, -0.1) is 0 Å². The number of hydrogen-bond donors (Lipinski definition) is 1. The Morgan fingerprint density at radius 2 is 1.50 bits per heavy atom. The van der Waals surface area contributed by atoms with Gasteiger partial charge in [0.2, 0.25) is 0 Å². The molecule has 0 saturated heterocycles. The number of carbonyl (C=O) groups excluding carboxylic acids is 3. The van der Waals surface area contributed by atoms with Gasteiger partial charge >= 0.3 is 0 Å². The molecule has 1 rings (SSSR count). The summed E-state index contributed by atoms with van der Waals surface area (Å²) in [5.41, 5.74) is -0.123. The second kappa shape index (κ2) is 8.59.